The first kappa shape index (κ1) is 18.4. The zero-order valence-electron chi connectivity index (χ0n) is 14.5. The average molecular weight is 424 g/mol. The van der Waals surface area contributed by atoms with E-state index in [1.165, 1.54) is 0 Å². The fraction of sp³-hybridized carbons (Fsp3) is 0.444. The van der Waals surface area contributed by atoms with Gasteiger partial charge in [-0.05, 0) is 53.9 Å². The summed E-state index contributed by atoms with van der Waals surface area (Å²) < 4.78 is 0.561. The van der Waals surface area contributed by atoms with Crippen LogP contribution < -0.4 is 0 Å². The van der Waals surface area contributed by atoms with Crippen molar-refractivity contribution >= 4 is 33.2 Å². The molecule has 2 heterocycles. The van der Waals surface area contributed by atoms with Crippen LogP contribution in [0.15, 0.2) is 22.0 Å². The van der Waals surface area contributed by atoms with Crippen molar-refractivity contribution in [3.63, 3.8) is 0 Å². The molecule has 0 atom stereocenters. The molecular weight excluding hydrogens is 402 g/mol. The second-order valence-electron chi connectivity index (χ2n) is 6.42. The van der Waals surface area contributed by atoms with Gasteiger partial charge in [0.2, 0.25) is 0 Å². The first-order chi connectivity index (χ1) is 11.9. The van der Waals surface area contributed by atoms with E-state index < -0.39 is 0 Å². The number of carbonyl (C=O) groups excluding carboxylic acids is 1. The summed E-state index contributed by atoms with van der Waals surface area (Å²) in [6, 6.07) is 3.56. The van der Waals surface area contributed by atoms with Crippen LogP contribution in [0.1, 0.15) is 33.0 Å². The highest BCUT2D eigenvalue weighted by Crippen LogP contribution is 2.30. The molecule has 2 aromatic rings. The summed E-state index contributed by atoms with van der Waals surface area (Å²) in [4.78, 5) is 21.6. The third-order valence-electron chi connectivity index (χ3n) is 4.37. The number of aromatic nitrogens is 1. The van der Waals surface area contributed by atoms with Gasteiger partial charge in [-0.25, -0.2) is 4.98 Å². The van der Waals surface area contributed by atoms with Crippen LogP contribution in [-0.4, -0.2) is 52.0 Å². The summed E-state index contributed by atoms with van der Waals surface area (Å²) in [6.45, 7) is 7.89. The number of hydrogen-bond acceptors (Lipinski definition) is 5. The monoisotopic (exact) mass is 423 g/mol. The van der Waals surface area contributed by atoms with E-state index in [0.29, 0.717) is 23.1 Å². The number of aromatic hydroxyl groups is 1. The summed E-state index contributed by atoms with van der Waals surface area (Å²) in [5.41, 5.74) is 2.42. The Bertz CT molecular complexity index is 778. The number of aryl methyl sites for hydroxylation is 2. The van der Waals surface area contributed by atoms with E-state index in [-0.39, 0.29) is 11.7 Å². The number of benzene rings is 1. The van der Waals surface area contributed by atoms with Crippen molar-refractivity contribution in [3.05, 3.63) is 43.8 Å². The first-order valence-corrected chi connectivity index (χ1v) is 10.0. The van der Waals surface area contributed by atoms with Gasteiger partial charge in [0.25, 0.3) is 5.91 Å². The molecule has 1 aromatic carbocycles. The maximum atomic E-state index is 12.9. The number of phenolic OH excluding ortho intramolecular Hbond substituents is 1. The van der Waals surface area contributed by atoms with Crippen LogP contribution in [0.5, 0.6) is 5.75 Å². The van der Waals surface area contributed by atoms with Crippen molar-refractivity contribution < 1.29 is 9.90 Å². The number of carbonyl (C=O) groups is 1. The van der Waals surface area contributed by atoms with Gasteiger partial charge in [0.15, 0.2) is 0 Å². The topological polar surface area (TPSA) is 56.7 Å². The van der Waals surface area contributed by atoms with Crippen LogP contribution in [0.4, 0.5) is 0 Å². The Labute approximate surface area is 160 Å². The molecule has 1 saturated heterocycles. The number of amides is 1. The van der Waals surface area contributed by atoms with E-state index in [2.05, 4.69) is 31.2 Å². The number of thiazole rings is 1. The number of halogens is 1. The van der Waals surface area contributed by atoms with Crippen molar-refractivity contribution in [2.24, 2.45) is 0 Å². The molecular formula is C18H22BrN3O2S. The molecule has 0 aliphatic carbocycles. The second kappa shape index (κ2) is 7.85. The van der Waals surface area contributed by atoms with E-state index in [1.54, 1.807) is 17.4 Å². The maximum Gasteiger partial charge on any atom is 0.257 e. The van der Waals surface area contributed by atoms with Crippen molar-refractivity contribution in [2.75, 3.05) is 26.2 Å². The van der Waals surface area contributed by atoms with E-state index in [4.69, 9.17) is 0 Å². The van der Waals surface area contributed by atoms with E-state index >= 15 is 0 Å². The number of phenols is 1. The van der Waals surface area contributed by atoms with Gasteiger partial charge < -0.3 is 10.0 Å². The highest BCUT2D eigenvalue weighted by molar-refractivity contribution is 9.10. The summed E-state index contributed by atoms with van der Waals surface area (Å²) in [5.74, 6) is -0.0806. The van der Waals surface area contributed by atoms with E-state index in [0.717, 1.165) is 42.3 Å². The van der Waals surface area contributed by atoms with Crippen LogP contribution in [0, 0.1) is 13.8 Å². The molecule has 25 heavy (non-hydrogen) atoms. The minimum Gasteiger partial charge on any atom is -0.506 e. The highest BCUT2D eigenvalue weighted by Gasteiger charge is 2.23. The van der Waals surface area contributed by atoms with Gasteiger partial charge in [0, 0.05) is 38.1 Å². The fourth-order valence-corrected chi connectivity index (χ4v) is 4.29. The third kappa shape index (κ3) is 4.40. The second-order valence-corrected chi connectivity index (χ2v) is 8.34. The Kier molecular flexibility index (Phi) is 5.76. The van der Waals surface area contributed by atoms with Crippen molar-refractivity contribution in [3.8, 4) is 5.75 Å². The van der Waals surface area contributed by atoms with Crippen molar-refractivity contribution in [1.82, 2.24) is 14.8 Å². The Balaban J connectivity index is 1.67. The lowest BCUT2D eigenvalue weighted by molar-refractivity contribution is 0.0758. The highest BCUT2D eigenvalue weighted by atomic mass is 79.9. The van der Waals surface area contributed by atoms with Crippen molar-refractivity contribution in [1.29, 1.82) is 0 Å². The molecule has 1 amide bonds. The standard InChI is InChI=1S/C18H22BrN3O2S/c1-12-8-15(17(23)16(19)9-12)18(24)22-5-3-4-21(6-7-22)10-14-11-25-13(2)20-14/h8-9,11,23H,3-7,10H2,1-2H3. The Morgan fingerprint density at radius 3 is 2.80 bits per heavy atom. The predicted molar refractivity (Wildman–Crippen MR) is 103 cm³/mol. The lowest BCUT2D eigenvalue weighted by atomic mass is 10.1. The number of nitrogens with zero attached hydrogens (tertiary/aromatic N) is 3. The van der Waals surface area contributed by atoms with Gasteiger partial charge in [-0.1, -0.05) is 0 Å². The molecule has 134 valence electrons. The zero-order chi connectivity index (χ0) is 18.0. The van der Waals surface area contributed by atoms with Crippen molar-refractivity contribution in [2.45, 2.75) is 26.8 Å². The molecule has 0 radical (unpaired) electrons. The number of rotatable bonds is 3. The minimum absolute atomic E-state index is 0.0228. The average Bonchev–Trinajstić information content (AvgIpc) is 2.83. The smallest absolute Gasteiger partial charge is 0.257 e. The molecule has 7 heteroatoms. The molecule has 0 saturated carbocycles. The summed E-state index contributed by atoms with van der Waals surface area (Å²) in [7, 11) is 0. The summed E-state index contributed by atoms with van der Waals surface area (Å²) >= 11 is 4.99. The molecule has 1 aliphatic rings. The van der Waals surface area contributed by atoms with Crippen LogP contribution in [-0.2, 0) is 6.54 Å². The van der Waals surface area contributed by atoms with Gasteiger partial charge in [-0.15, -0.1) is 11.3 Å². The normalized spacial score (nSPS) is 16.0. The molecule has 0 spiro atoms. The molecule has 0 unspecified atom stereocenters. The molecule has 1 N–H and O–H groups in total. The zero-order valence-corrected chi connectivity index (χ0v) is 16.9. The van der Waals surface area contributed by atoms with Gasteiger partial charge in [-0.3, -0.25) is 9.69 Å². The molecule has 5 nitrogen and oxygen atoms in total. The minimum atomic E-state index is -0.103. The lowest BCUT2D eigenvalue weighted by Crippen LogP contribution is -2.35. The largest absolute Gasteiger partial charge is 0.506 e. The SMILES string of the molecule is Cc1cc(Br)c(O)c(C(=O)N2CCCN(Cc3csc(C)n3)CC2)c1. The lowest BCUT2D eigenvalue weighted by Gasteiger charge is -2.22. The van der Waals surface area contributed by atoms with Gasteiger partial charge in [0.1, 0.15) is 5.75 Å². The van der Waals surface area contributed by atoms with Crippen LogP contribution in [0.3, 0.4) is 0 Å². The van der Waals surface area contributed by atoms with Gasteiger partial charge in [0.05, 0.1) is 20.7 Å². The quantitative estimate of drug-likeness (QED) is 0.819. The Hall–Kier alpha value is -1.44. The van der Waals surface area contributed by atoms with Crippen LogP contribution in [0.2, 0.25) is 0 Å². The molecule has 1 aromatic heterocycles. The summed E-state index contributed by atoms with van der Waals surface area (Å²) in [6.07, 6.45) is 0.919. The molecule has 1 aliphatic heterocycles. The Morgan fingerprint density at radius 2 is 2.08 bits per heavy atom. The predicted octanol–water partition coefficient (Wildman–Crippen LogP) is 3.58. The fourth-order valence-electron chi connectivity index (χ4n) is 3.11. The number of hydrogen-bond donors (Lipinski definition) is 1. The maximum absolute atomic E-state index is 12.9. The van der Waals surface area contributed by atoms with E-state index in [9.17, 15) is 9.90 Å². The van der Waals surface area contributed by atoms with Crippen LogP contribution in [0.25, 0.3) is 0 Å². The van der Waals surface area contributed by atoms with E-state index in [1.807, 2.05) is 24.8 Å². The molecule has 1 fully saturated rings. The third-order valence-corrected chi connectivity index (χ3v) is 5.79. The summed E-state index contributed by atoms with van der Waals surface area (Å²) in [5, 5.41) is 13.4. The van der Waals surface area contributed by atoms with Gasteiger partial charge in [-0.2, -0.15) is 0 Å². The Morgan fingerprint density at radius 1 is 1.28 bits per heavy atom. The molecule has 0 bridgehead atoms. The van der Waals surface area contributed by atoms with Gasteiger partial charge >= 0.3 is 0 Å². The molecule has 3 rings (SSSR count). The van der Waals surface area contributed by atoms with Crippen LogP contribution >= 0.6 is 27.3 Å². The first-order valence-electron chi connectivity index (χ1n) is 8.36.